The van der Waals surface area contributed by atoms with Crippen LogP contribution in [0.25, 0.3) is 0 Å². The van der Waals surface area contributed by atoms with Crippen molar-refractivity contribution in [2.75, 3.05) is 0 Å². The van der Waals surface area contributed by atoms with E-state index in [9.17, 15) is 4.79 Å². The highest BCUT2D eigenvalue weighted by molar-refractivity contribution is 7.11. The van der Waals surface area contributed by atoms with E-state index < -0.39 is 12.0 Å². The van der Waals surface area contributed by atoms with Crippen molar-refractivity contribution in [3.8, 4) is 0 Å². The predicted molar refractivity (Wildman–Crippen MR) is 78.4 cm³/mol. The van der Waals surface area contributed by atoms with Crippen LogP contribution < -0.4 is 5.32 Å². The maximum Gasteiger partial charge on any atom is 0.320 e. The lowest BCUT2D eigenvalue weighted by atomic mass is 10.0. The van der Waals surface area contributed by atoms with Gasteiger partial charge >= 0.3 is 5.97 Å². The van der Waals surface area contributed by atoms with Crippen LogP contribution in [0.15, 0.2) is 6.20 Å². The van der Waals surface area contributed by atoms with Crippen molar-refractivity contribution in [2.45, 2.75) is 53.1 Å². The standard InChI is InChI=1S/C14H24N2O2S/c1-9(2)5-12(14(17)18)15-7-11-8-16-13(19-11)6-10(3)4/h8-10,12,15H,5-7H2,1-4H3,(H,17,18)/t12-/m0/s1. The van der Waals surface area contributed by atoms with Crippen molar-refractivity contribution in [3.63, 3.8) is 0 Å². The largest absolute Gasteiger partial charge is 0.480 e. The summed E-state index contributed by atoms with van der Waals surface area (Å²) in [7, 11) is 0. The molecule has 0 bridgehead atoms. The number of rotatable bonds is 8. The number of nitrogens with zero attached hydrogens (tertiary/aromatic N) is 1. The summed E-state index contributed by atoms with van der Waals surface area (Å²) >= 11 is 1.67. The summed E-state index contributed by atoms with van der Waals surface area (Å²) in [6, 6.07) is -0.476. The van der Waals surface area contributed by atoms with Crippen molar-refractivity contribution in [2.24, 2.45) is 11.8 Å². The van der Waals surface area contributed by atoms with Crippen LogP contribution in [0.3, 0.4) is 0 Å². The molecule has 0 aliphatic rings. The Hall–Kier alpha value is -0.940. The second-order valence-corrected chi connectivity index (χ2v) is 6.92. The van der Waals surface area contributed by atoms with Crippen LogP contribution in [0, 0.1) is 11.8 Å². The fourth-order valence-corrected chi connectivity index (χ4v) is 2.93. The van der Waals surface area contributed by atoms with E-state index in [4.69, 9.17) is 5.11 Å². The van der Waals surface area contributed by atoms with Gasteiger partial charge in [0.1, 0.15) is 6.04 Å². The highest BCUT2D eigenvalue weighted by Crippen LogP contribution is 2.17. The van der Waals surface area contributed by atoms with Crippen molar-refractivity contribution < 1.29 is 9.90 Å². The Morgan fingerprint density at radius 3 is 2.58 bits per heavy atom. The fourth-order valence-electron chi connectivity index (χ4n) is 1.84. The van der Waals surface area contributed by atoms with Crippen molar-refractivity contribution in [1.29, 1.82) is 0 Å². The van der Waals surface area contributed by atoms with Gasteiger partial charge in [-0.15, -0.1) is 11.3 Å². The summed E-state index contributed by atoms with van der Waals surface area (Å²) in [5, 5.41) is 13.4. The van der Waals surface area contributed by atoms with E-state index in [1.807, 2.05) is 20.0 Å². The molecule has 1 aromatic rings. The van der Waals surface area contributed by atoms with Crippen LogP contribution in [0.1, 0.15) is 44.0 Å². The predicted octanol–water partition coefficient (Wildman–Crippen LogP) is 2.93. The minimum Gasteiger partial charge on any atom is -0.480 e. The third-order valence-corrected chi connectivity index (χ3v) is 3.73. The maximum atomic E-state index is 11.1. The van der Waals surface area contributed by atoms with Crippen molar-refractivity contribution in [1.82, 2.24) is 10.3 Å². The molecule has 2 N–H and O–H groups in total. The zero-order valence-corrected chi connectivity index (χ0v) is 13.0. The average Bonchev–Trinajstić information content (AvgIpc) is 2.70. The number of thiazole rings is 1. The van der Waals surface area contributed by atoms with Gasteiger partial charge in [0, 0.05) is 24.0 Å². The minimum absolute atomic E-state index is 0.367. The van der Waals surface area contributed by atoms with Gasteiger partial charge < -0.3 is 5.11 Å². The molecule has 19 heavy (non-hydrogen) atoms. The molecule has 1 heterocycles. The number of aliphatic carboxylic acids is 1. The molecule has 5 heteroatoms. The molecule has 1 aromatic heterocycles. The Bertz CT molecular complexity index is 402. The summed E-state index contributed by atoms with van der Waals surface area (Å²) in [6.45, 7) is 8.99. The number of carboxylic acid groups (broad SMARTS) is 1. The van der Waals surface area contributed by atoms with E-state index >= 15 is 0 Å². The molecule has 4 nitrogen and oxygen atoms in total. The Balaban J connectivity index is 2.49. The smallest absolute Gasteiger partial charge is 0.320 e. The van der Waals surface area contributed by atoms with Crippen molar-refractivity contribution >= 4 is 17.3 Å². The lowest BCUT2D eigenvalue weighted by Gasteiger charge is -2.15. The lowest BCUT2D eigenvalue weighted by molar-refractivity contribution is -0.140. The van der Waals surface area contributed by atoms with Crippen molar-refractivity contribution in [3.05, 3.63) is 16.1 Å². The normalized spacial score (nSPS) is 13.2. The monoisotopic (exact) mass is 284 g/mol. The first-order valence-corrected chi connectivity index (χ1v) is 7.60. The van der Waals surface area contributed by atoms with Gasteiger partial charge in [0.15, 0.2) is 0 Å². The molecule has 0 amide bonds. The topological polar surface area (TPSA) is 62.2 Å². The molecule has 0 saturated heterocycles. The van der Waals surface area contributed by atoms with Gasteiger partial charge in [-0.2, -0.15) is 0 Å². The zero-order valence-electron chi connectivity index (χ0n) is 12.1. The zero-order chi connectivity index (χ0) is 14.4. The van der Waals surface area contributed by atoms with Crippen LogP contribution in [0.2, 0.25) is 0 Å². The van der Waals surface area contributed by atoms with Gasteiger partial charge in [-0.05, 0) is 18.3 Å². The van der Waals surface area contributed by atoms with E-state index in [1.165, 1.54) is 0 Å². The van der Waals surface area contributed by atoms with E-state index in [-0.39, 0.29) is 0 Å². The number of aromatic nitrogens is 1. The van der Waals surface area contributed by atoms with Gasteiger partial charge in [-0.25, -0.2) is 4.98 Å². The summed E-state index contributed by atoms with van der Waals surface area (Å²) in [4.78, 5) is 16.6. The average molecular weight is 284 g/mol. The highest BCUT2D eigenvalue weighted by atomic mass is 32.1. The first-order valence-electron chi connectivity index (χ1n) is 6.78. The molecule has 0 aliphatic heterocycles. The molecule has 0 aromatic carbocycles. The summed E-state index contributed by atoms with van der Waals surface area (Å²) in [5.74, 6) is 0.187. The maximum absolute atomic E-state index is 11.1. The van der Waals surface area contributed by atoms with E-state index in [0.717, 1.165) is 16.3 Å². The van der Waals surface area contributed by atoms with E-state index in [2.05, 4.69) is 24.1 Å². The number of nitrogens with one attached hydrogen (secondary N) is 1. The molecule has 1 rings (SSSR count). The fraction of sp³-hybridized carbons (Fsp3) is 0.714. The van der Waals surface area contributed by atoms with E-state index in [1.54, 1.807) is 11.3 Å². The van der Waals surface area contributed by atoms with Gasteiger partial charge in [-0.3, -0.25) is 10.1 Å². The minimum atomic E-state index is -0.777. The van der Waals surface area contributed by atoms with E-state index in [0.29, 0.717) is 24.8 Å². The molecule has 108 valence electrons. The molecule has 0 fully saturated rings. The second-order valence-electron chi connectivity index (χ2n) is 5.72. The van der Waals surface area contributed by atoms with Crippen LogP contribution in [0.5, 0.6) is 0 Å². The van der Waals surface area contributed by atoms with Crippen LogP contribution in [-0.2, 0) is 17.8 Å². The molecule has 0 saturated carbocycles. The van der Waals surface area contributed by atoms with Gasteiger partial charge in [0.25, 0.3) is 0 Å². The number of carbonyl (C=O) groups is 1. The third-order valence-electron chi connectivity index (χ3n) is 2.71. The molecular weight excluding hydrogens is 260 g/mol. The SMILES string of the molecule is CC(C)Cc1ncc(CN[C@@H](CC(C)C)C(=O)O)s1. The Morgan fingerprint density at radius 2 is 2.05 bits per heavy atom. The quantitative estimate of drug-likeness (QED) is 0.770. The molecule has 0 unspecified atom stereocenters. The summed E-state index contributed by atoms with van der Waals surface area (Å²) in [5.41, 5.74) is 0. The molecule has 0 aliphatic carbocycles. The Morgan fingerprint density at radius 1 is 1.37 bits per heavy atom. The number of carboxylic acids is 1. The second kappa shape index (κ2) is 7.60. The number of hydrogen-bond acceptors (Lipinski definition) is 4. The van der Waals surface area contributed by atoms with Crippen LogP contribution in [0.4, 0.5) is 0 Å². The third kappa shape index (κ3) is 6.16. The summed E-state index contributed by atoms with van der Waals surface area (Å²) < 4.78 is 0. The first kappa shape index (κ1) is 16.1. The first-order chi connectivity index (χ1) is 8.88. The summed E-state index contributed by atoms with van der Waals surface area (Å²) in [6.07, 6.45) is 3.48. The van der Waals surface area contributed by atoms with Crippen LogP contribution >= 0.6 is 11.3 Å². The van der Waals surface area contributed by atoms with Gasteiger partial charge in [0.2, 0.25) is 0 Å². The van der Waals surface area contributed by atoms with Gasteiger partial charge in [0.05, 0.1) is 5.01 Å². The number of hydrogen-bond donors (Lipinski definition) is 2. The Kier molecular flexibility index (Phi) is 6.45. The lowest BCUT2D eigenvalue weighted by Crippen LogP contribution is -2.37. The molecule has 0 radical (unpaired) electrons. The van der Waals surface area contributed by atoms with Gasteiger partial charge in [-0.1, -0.05) is 27.7 Å². The molecule has 0 spiro atoms. The Labute approximate surface area is 119 Å². The molecular formula is C14H24N2O2S. The highest BCUT2D eigenvalue weighted by Gasteiger charge is 2.18. The molecule has 1 atom stereocenters. The van der Waals surface area contributed by atoms with Crippen LogP contribution in [-0.4, -0.2) is 22.1 Å².